The summed E-state index contributed by atoms with van der Waals surface area (Å²) in [6, 6.07) is 13.3. The monoisotopic (exact) mass is 392 g/mol. The smallest absolute Gasteiger partial charge is 0.264 e. The molecular weight excluding hydrogens is 376 g/mol. The molecule has 0 saturated heterocycles. The molecule has 4 aromatic rings. The van der Waals surface area contributed by atoms with E-state index in [1.807, 2.05) is 54.8 Å². The van der Waals surface area contributed by atoms with Gasteiger partial charge in [0.15, 0.2) is 0 Å². The highest BCUT2D eigenvalue weighted by Gasteiger charge is 2.22. The SMILES string of the molecule is Cc1nc(-c2ccccn2)sc1C(=O)NC(c1ccncc1)c1cccs1. The van der Waals surface area contributed by atoms with E-state index in [0.29, 0.717) is 10.6 Å². The Labute approximate surface area is 164 Å². The second-order valence-electron chi connectivity index (χ2n) is 5.85. The van der Waals surface area contributed by atoms with Crippen LogP contribution in [-0.4, -0.2) is 20.9 Å². The molecule has 0 fully saturated rings. The highest BCUT2D eigenvalue weighted by Crippen LogP contribution is 2.29. The predicted octanol–water partition coefficient (Wildman–Crippen LogP) is 4.49. The van der Waals surface area contributed by atoms with Crippen molar-refractivity contribution in [2.24, 2.45) is 0 Å². The summed E-state index contributed by atoms with van der Waals surface area (Å²) in [7, 11) is 0. The maximum Gasteiger partial charge on any atom is 0.264 e. The fourth-order valence-corrected chi connectivity index (χ4v) is 4.48. The predicted molar refractivity (Wildman–Crippen MR) is 108 cm³/mol. The van der Waals surface area contributed by atoms with Crippen LogP contribution in [0.1, 0.15) is 31.8 Å². The average Bonchev–Trinajstić information content (AvgIpc) is 3.37. The number of nitrogens with one attached hydrogen (secondary N) is 1. The molecule has 5 nitrogen and oxygen atoms in total. The van der Waals surface area contributed by atoms with Crippen LogP contribution in [0.15, 0.2) is 66.4 Å². The minimum atomic E-state index is -0.222. The number of hydrogen-bond donors (Lipinski definition) is 1. The Kier molecular flexibility index (Phi) is 5.04. The molecule has 0 spiro atoms. The second kappa shape index (κ2) is 7.77. The van der Waals surface area contributed by atoms with Gasteiger partial charge in [0.05, 0.1) is 17.4 Å². The Morgan fingerprint density at radius 2 is 1.93 bits per heavy atom. The van der Waals surface area contributed by atoms with E-state index >= 15 is 0 Å². The van der Waals surface area contributed by atoms with Gasteiger partial charge in [-0.3, -0.25) is 14.8 Å². The summed E-state index contributed by atoms with van der Waals surface area (Å²) >= 11 is 2.97. The number of pyridine rings is 2. The molecule has 1 atom stereocenters. The number of thiazole rings is 1. The first-order valence-corrected chi connectivity index (χ1v) is 10.0. The standard InChI is InChI=1S/C20H16N4OS2/c1-13-18(27-20(23-13)15-5-2-3-9-22-15)19(25)24-17(16-6-4-12-26-16)14-7-10-21-11-8-14/h2-12,17H,1H3,(H,24,25). The molecule has 4 rings (SSSR count). The fourth-order valence-electron chi connectivity index (χ4n) is 2.73. The number of carbonyl (C=O) groups is 1. The van der Waals surface area contributed by atoms with E-state index in [9.17, 15) is 4.79 Å². The van der Waals surface area contributed by atoms with Crippen molar-refractivity contribution in [3.63, 3.8) is 0 Å². The van der Waals surface area contributed by atoms with Gasteiger partial charge in [-0.15, -0.1) is 22.7 Å². The number of nitrogens with zero attached hydrogens (tertiary/aromatic N) is 3. The fraction of sp³-hybridized carbons (Fsp3) is 0.100. The van der Waals surface area contributed by atoms with Gasteiger partial charge in [-0.25, -0.2) is 4.98 Å². The lowest BCUT2D eigenvalue weighted by Crippen LogP contribution is -2.28. The van der Waals surface area contributed by atoms with Crippen molar-refractivity contribution in [1.29, 1.82) is 0 Å². The number of carbonyl (C=O) groups excluding carboxylic acids is 1. The quantitative estimate of drug-likeness (QED) is 0.543. The third-order valence-electron chi connectivity index (χ3n) is 4.03. The zero-order valence-corrected chi connectivity index (χ0v) is 16.1. The molecule has 4 heterocycles. The van der Waals surface area contributed by atoms with E-state index in [0.717, 1.165) is 21.1 Å². The number of aryl methyl sites for hydroxylation is 1. The third kappa shape index (κ3) is 3.79. The van der Waals surface area contributed by atoms with Crippen molar-refractivity contribution >= 4 is 28.6 Å². The third-order valence-corrected chi connectivity index (χ3v) is 6.15. The van der Waals surface area contributed by atoms with Crippen LogP contribution in [-0.2, 0) is 0 Å². The van der Waals surface area contributed by atoms with Crippen molar-refractivity contribution in [3.05, 3.63) is 87.4 Å². The minimum absolute atomic E-state index is 0.137. The van der Waals surface area contributed by atoms with Crippen molar-refractivity contribution in [3.8, 4) is 10.7 Å². The number of aromatic nitrogens is 3. The highest BCUT2D eigenvalue weighted by molar-refractivity contribution is 7.17. The van der Waals surface area contributed by atoms with E-state index in [2.05, 4.69) is 20.3 Å². The van der Waals surface area contributed by atoms with Crippen LogP contribution in [0.5, 0.6) is 0 Å². The van der Waals surface area contributed by atoms with Gasteiger partial charge in [0.2, 0.25) is 0 Å². The Hall–Kier alpha value is -2.90. The Morgan fingerprint density at radius 1 is 1.07 bits per heavy atom. The Bertz CT molecular complexity index is 1030. The largest absolute Gasteiger partial charge is 0.340 e. The molecule has 134 valence electrons. The zero-order valence-electron chi connectivity index (χ0n) is 14.5. The van der Waals surface area contributed by atoms with Crippen molar-refractivity contribution in [2.75, 3.05) is 0 Å². The summed E-state index contributed by atoms with van der Waals surface area (Å²) in [5.41, 5.74) is 2.47. The zero-order chi connectivity index (χ0) is 18.6. The summed E-state index contributed by atoms with van der Waals surface area (Å²) in [6.45, 7) is 1.85. The minimum Gasteiger partial charge on any atom is -0.340 e. The van der Waals surface area contributed by atoms with Crippen LogP contribution in [0.3, 0.4) is 0 Å². The molecule has 4 aromatic heterocycles. The number of thiophene rings is 1. The molecule has 0 aliphatic rings. The molecule has 0 bridgehead atoms. The number of hydrogen-bond acceptors (Lipinski definition) is 6. The van der Waals surface area contributed by atoms with Gasteiger partial charge in [-0.1, -0.05) is 12.1 Å². The molecule has 0 aliphatic carbocycles. The van der Waals surface area contributed by atoms with E-state index in [-0.39, 0.29) is 11.9 Å². The molecule has 7 heteroatoms. The van der Waals surface area contributed by atoms with Crippen molar-refractivity contribution in [2.45, 2.75) is 13.0 Å². The maximum absolute atomic E-state index is 13.0. The van der Waals surface area contributed by atoms with E-state index < -0.39 is 0 Å². The van der Waals surface area contributed by atoms with Crippen LogP contribution >= 0.6 is 22.7 Å². The van der Waals surface area contributed by atoms with E-state index in [4.69, 9.17) is 0 Å². The first-order valence-electron chi connectivity index (χ1n) is 8.35. The van der Waals surface area contributed by atoms with Crippen molar-refractivity contribution < 1.29 is 4.79 Å². The van der Waals surface area contributed by atoms with E-state index in [1.165, 1.54) is 11.3 Å². The van der Waals surface area contributed by atoms with Gasteiger partial charge in [0.25, 0.3) is 5.91 Å². The maximum atomic E-state index is 13.0. The van der Waals surface area contributed by atoms with Gasteiger partial charge < -0.3 is 5.32 Å². The van der Waals surface area contributed by atoms with Gasteiger partial charge in [0, 0.05) is 23.5 Å². The van der Waals surface area contributed by atoms with Gasteiger partial charge in [0.1, 0.15) is 9.88 Å². The van der Waals surface area contributed by atoms with Crippen LogP contribution in [0.25, 0.3) is 10.7 Å². The molecule has 1 unspecified atom stereocenters. The first kappa shape index (κ1) is 17.5. The normalized spacial score (nSPS) is 11.9. The molecule has 0 radical (unpaired) electrons. The highest BCUT2D eigenvalue weighted by atomic mass is 32.1. The molecular formula is C20H16N4OS2. The van der Waals surface area contributed by atoms with Gasteiger partial charge in [-0.05, 0) is 48.2 Å². The second-order valence-corrected chi connectivity index (χ2v) is 7.83. The van der Waals surface area contributed by atoms with Crippen LogP contribution < -0.4 is 5.32 Å². The first-order chi connectivity index (χ1) is 13.2. The molecule has 1 amide bonds. The number of rotatable bonds is 5. The summed E-state index contributed by atoms with van der Waals surface area (Å²) in [6.07, 6.45) is 5.19. The van der Waals surface area contributed by atoms with E-state index in [1.54, 1.807) is 29.9 Å². The molecule has 0 aromatic carbocycles. The summed E-state index contributed by atoms with van der Waals surface area (Å²) in [5.74, 6) is -0.137. The lowest BCUT2D eigenvalue weighted by Gasteiger charge is -2.17. The topological polar surface area (TPSA) is 67.8 Å². The molecule has 0 saturated carbocycles. The summed E-state index contributed by atoms with van der Waals surface area (Å²) in [4.78, 5) is 27.6. The van der Waals surface area contributed by atoms with Crippen LogP contribution in [0, 0.1) is 6.92 Å². The Morgan fingerprint density at radius 3 is 2.63 bits per heavy atom. The summed E-state index contributed by atoms with van der Waals surface area (Å²) < 4.78 is 0. The number of amides is 1. The van der Waals surface area contributed by atoms with Crippen LogP contribution in [0.4, 0.5) is 0 Å². The molecule has 27 heavy (non-hydrogen) atoms. The van der Waals surface area contributed by atoms with Crippen molar-refractivity contribution in [1.82, 2.24) is 20.3 Å². The lowest BCUT2D eigenvalue weighted by molar-refractivity contribution is 0.0947. The summed E-state index contributed by atoms with van der Waals surface area (Å²) in [5, 5.41) is 5.90. The molecule has 0 aliphatic heterocycles. The Balaban J connectivity index is 1.63. The average molecular weight is 393 g/mol. The lowest BCUT2D eigenvalue weighted by atomic mass is 10.1. The van der Waals surface area contributed by atoms with Gasteiger partial charge >= 0.3 is 0 Å². The molecule has 1 N–H and O–H groups in total. The van der Waals surface area contributed by atoms with Crippen LogP contribution in [0.2, 0.25) is 0 Å². The van der Waals surface area contributed by atoms with Gasteiger partial charge in [-0.2, -0.15) is 0 Å².